The molecule has 1 rings (SSSR count). The molecule has 2 N–H and O–H groups in total. The van der Waals surface area contributed by atoms with E-state index in [1.165, 1.54) is 0 Å². The van der Waals surface area contributed by atoms with E-state index in [4.69, 9.17) is 0 Å². The van der Waals surface area contributed by atoms with Crippen molar-refractivity contribution in [3.63, 3.8) is 0 Å². The molecule has 0 unspecified atom stereocenters. The molecule has 0 aromatic rings. The number of nitrogens with one attached hydrogen (secondary N) is 2. The molecule has 0 saturated heterocycles. The SMILES string of the molecule is S=CC1NC=CN1. The van der Waals surface area contributed by atoms with Crippen molar-refractivity contribution in [1.29, 1.82) is 0 Å². The van der Waals surface area contributed by atoms with Crippen molar-refractivity contribution in [3.8, 4) is 0 Å². The molecule has 0 aliphatic carbocycles. The summed E-state index contributed by atoms with van der Waals surface area (Å²) in [5, 5.41) is 7.55. The van der Waals surface area contributed by atoms with E-state index >= 15 is 0 Å². The van der Waals surface area contributed by atoms with E-state index in [9.17, 15) is 0 Å². The summed E-state index contributed by atoms with van der Waals surface area (Å²) in [6.07, 6.45) is 3.83. The van der Waals surface area contributed by atoms with Gasteiger partial charge in [0.15, 0.2) is 0 Å². The van der Waals surface area contributed by atoms with Crippen LogP contribution in [0.1, 0.15) is 0 Å². The van der Waals surface area contributed by atoms with Gasteiger partial charge in [0.1, 0.15) is 6.17 Å². The lowest BCUT2D eigenvalue weighted by molar-refractivity contribution is 0.743. The third-order valence-corrected chi connectivity index (χ3v) is 1.04. The van der Waals surface area contributed by atoms with Gasteiger partial charge in [0, 0.05) is 17.8 Å². The van der Waals surface area contributed by atoms with Gasteiger partial charge >= 0.3 is 0 Å². The van der Waals surface area contributed by atoms with Crippen LogP contribution in [0.15, 0.2) is 12.4 Å². The van der Waals surface area contributed by atoms with Gasteiger partial charge in [-0.2, -0.15) is 0 Å². The molecule has 1 aliphatic rings. The van der Waals surface area contributed by atoms with Gasteiger partial charge < -0.3 is 10.6 Å². The molecule has 0 atom stereocenters. The van der Waals surface area contributed by atoms with Crippen LogP contribution in [-0.4, -0.2) is 11.5 Å². The summed E-state index contributed by atoms with van der Waals surface area (Å²) in [7, 11) is 0. The quantitative estimate of drug-likeness (QED) is 0.468. The molecule has 0 aromatic carbocycles. The standard InChI is InChI=1S/C4H6N2S/c7-3-4-5-1-2-6-4/h1-6H. The van der Waals surface area contributed by atoms with Gasteiger partial charge in [0.25, 0.3) is 0 Å². The minimum Gasteiger partial charge on any atom is -0.366 e. The Labute approximate surface area is 47.6 Å². The smallest absolute Gasteiger partial charge is 0.126 e. The van der Waals surface area contributed by atoms with Crippen molar-refractivity contribution >= 4 is 17.6 Å². The first-order chi connectivity index (χ1) is 3.43. The highest BCUT2D eigenvalue weighted by Gasteiger charge is 1.99. The second kappa shape index (κ2) is 1.93. The first-order valence-electron chi connectivity index (χ1n) is 2.06. The highest BCUT2D eigenvalue weighted by molar-refractivity contribution is 7.79. The largest absolute Gasteiger partial charge is 0.366 e. The Morgan fingerprint density at radius 2 is 2.00 bits per heavy atom. The number of hydrogen-bond acceptors (Lipinski definition) is 3. The molecule has 0 spiro atoms. The maximum Gasteiger partial charge on any atom is 0.126 e. The fourth-order valence-electron chi connectivity index (χ4n) is 0.430. The van der Waals surface area contributed by atoms with Gasteiger partial charge in [-0.15, -0.1) is 0 Å². The normalized spacial score (nSPS) is 18.3. The number of rotatable bonds is 1. The molecule has 0 saturated carbocycles. The van der Waals surface area contributed by atoms with Crippen LogP contribution in [0.3, 0.4) is 0 Å². The zero-order valence-electron chi connectivity index (χ0n) is 3.72. The summed E-state index contributed by atoms with van der Waals surface area (Å²) < 4.78 is 0. The molecule has 0 amide bonds. The average Bonchev–Trinajstić information content (AvgIpc) is 2.14. The van der Waals surface area contributed by atoms with Crippen molar-refractivity contribution in [2.75, 3.05) is 0 Å². The molecular formula is C4H6N2S. The van der Waals surface area contributed by atoms with Crippen LogP contribution < -0.4 is 10.6 Å². The predicted octanol–water partition coefficient (Wildman–Crippen LogP) is -0.0238. The van der Waals surface area contributed by atoms with Gasteiger partial charge in [-0.1, -0.05) is 12.2 Å². The van der Waals surface area contributed by atoms with E-state index < -0.39 is 0 Å². The van der Waals surface area contributed by atoms with Crippen molar-refractivity contribution in [2.45, 2.75) is 6.17 Å². The Balaban J connectivity index is 2.35. The summed E-state index contributed by atoms with van der Waals surface area (Å²) >= 11 is 4.62. The fourth-order valence-corrected chi connectivity index (χ4v) is 0.587. The Kier molecular flexibility index (Phi) is 1.26. The van der Waals surface area contributed by atoms with Gasteiger partial charge in [-0.25, -0.2) is 0 Å². The van der Waals surface area contributed by atoms with E-state index in [0.717, 1.165) is 0 Å². The van der Waals surface area contributed by atoms with Crippen LogP contribution in [0, 0.1) is 0 Å². The van der Waals surface area contributed by atoms with Crippen LogP contribution in [0.25, 0.3) is 0 Å². The number of thiocarbonyl (C=S) groups is 1. The van der Waals surface area contributed by atoms with Gasteiger partial charge in [-0.3, -0.25) is 0 Å². The maximum atomic E-state index is 4.62. The third kappa shape index (κ3) is 0.899. The monoisotopic (exact) mass is 114 g/mol. The predicted molar refractivity (Wildman–Crippen MR) is 32.9 cm³/mol. The van der Waals surface area contributed by atoms with Crippen LogP contribution in [-0.2, 0) is 0 Å². The average molecular weight is 114 g/mol. The Morgan fingerprint density at radius 1 is 1.43 bits per heavy atom. The van der Waals surface area contributed by atoms with Crippen LogP contribution in [0.2, 0.25) is 0 Å². The van der Waals surface area contributed by atoms with Crippen molar-refractivity contribution in [2.24, 2.45) is 0 Å². The molecular weight excluding hydrogens is 108 g/mol. The lowest BCUT2D eigenvalue weighted by atomic mass is 10.6. The Bertz CT molecular complexity index is 91.9. The van der Waals surface area contributed by atoms with Gasteiger partial charge in [0.2, 0.25) is 0 Å². The van der Waals surface area contributed by atoms with E-state index in [1.54, 1.807) is 5.37 Å². The molecule has 1 aliphatic heterocycles. The molecule has 1 heterocycles. The summed E-state index contributed by atoms with van der Waals surface area (Å²) in [4.78, 5) is 0. The molecule has 7 heavy (non-hydrogen) atoms. The van der Waals surface area contributed by atoms with Gasteiger partial charge in [-0.05, 0) is 0 Å². The molecule has 0 fully saturated rings. The zero-order chi connectivity index (χ0) is 5.11. The Hall–Kier alpha value is -0.570. The molecule has 0 radical (unpaired) electrons. The third-order valence-electron chi connectivity index (χ3n) is 0.771. The minimum absolute atomic E-state index is 0.176. The molecule has 0 bridgehead atoms. The second-order valence-electron chi connectivity index (χ2n) is 1.28. The molecule has 3 heteroatoms. The van der Waals surface area contributed by atoms with E-state index in [-0.39, 0.29) is 6.17 Å². The van der Waals surface area contributed by atoms with Crippen molar-refractivity contribution in [3.05, 3.63) is 12.4 Å². The summed E-state index contributed by atoms with van der Waals surface area (Å²) in [6, 6.07) is 0. The highest BCUT2D eigenvalue weighted by Crippen LogP contribution is 1.80. The molecule has 0 aromatic heterocycles. The maximum absolute atomic E-state index is 4.62. The second-order valence-corrected chi connectivity index (χ2v) is 1.55. The first kappa shape index (κ1) is 4.59. The minimum atomic E-state index is 0.176. The van der Waals surface area contributed by atoms with Crippen LogP contribution in [0.4, 0.5) is 0 Å². The van der Waals surface area contributed by atoms with E-state index in [2.05, 4.69) is 22.9 Å². The molecule has 38 valence electrons. The fraction of sp³-hybridized carbons (Fsp3) is 0.250. The topological polar surface area (TPSA) is 24.1 Å². The first-order valence-corrected chi connectivity index (χ1v) is 2.53. The van der Waals surface area contributed by atoms with E-state index in [1.807, 2.05) is 12.4 Å². The van der Waals surface area contributed by atoms with Crippen molar-refractivity contribution in [1.82, 2.24) is 10.6 Å². The van der Waals surface area contributed by atoms with Gasteiger partial charge in [0.05, 0.1) is 0 Å². The summed E-state index contributed by atoms with van der Waals surface area (Å²) in [5.41, 5.74) is 0. The highest BCUT2D eigenvalue weighted by atomic mass is 32.1. The van der Waals surface area contributed by atoms with Crippen molar-refractivity contribution < 1.29 is 0 Å². The summed E-state index contributed by atoms with van der Waals surface area (Å²) in [6.45, 7) is 0. The molecule has 2 nitrogen and oxygen atoms in total. The lowest BCUT2D eigenvalue weighted by Gasteiger charge is -2.01. The van der Waals surface area contributed by atoms with Crippen LogP contribution in [0.5, 0.6) is 0 Å². The van der Waals surface area contributed by atoms with Crippen LogP contribution >= 0.6 is 12.2 Å². The zero-order valence-corrected chi connectivity index (χ0v) is 4.53. The number of hydrogen-bond donors (Lipinski definition) is 2. The lowest BCUT2D eigenvalue weighted by Crippen LogP contribution is -2.30. The summed E-state index contributed by atoms with van der Waals surface area (Å²) in [5.74, 6) is 0. The van der Waals surface area contributed by atoms with E-state index in [0.29, 0.717) is 0 Å². The Morgan fingerprint density at radius 3 is 2.29 bits per heavy atom.